The number of aromatic nitrogens is 1. The maximum absolute atomic E-state index is 11.3. The van der Waals surface area contributed by atoms with Crippen LogP contribution in [0.4, 0.5) is 5.13 Å². The summed E-state index contributed by atoms with van der Waals surface area (Å²) in [7, 11) is 1.49. The van der Waals surface area contributed by atoms with Gasteiger partial charge >= 0.3 is 0 Å². The molecule has 0 fully saturated rings. The van der Waals surface area contributed by atoms with Crippen LogP contribution in [0.2, 0.25) is 0 Å². The predicted octanol–water partition coefficient (Wildman–Crippen LogP) is 0.544. The summed E-state index contributed by atoms with van der Waals surface area (Å²) in [6, 6.07) is 0.232. The normalized spacial score (nSPS) is 19.2. The first-order valence-corrected chi connectivity index (χ1v) is 6.03. The zero-order chi connectivity index (χ0) is 11.5. The number of nitrogens with one attached hydrogen (secondary N) is 1. The first-order chi connectivity index (χ1) is 7.69. The van der Waals surface area contributed by atoms with Crippen LogP contribution in [-0.2, 0) is 22.4 Å². The van der Waals surface area contributed by atoms with Gasteiger partial charge in [-0.1, -0.05) is 0 Å². The molecule has 88 valence electrons. The molecule has 1 aromatic heterocycles. The van der Waals surface area contributed by atoms with Crippen molar-refractivity contribution in [1.82, 2.24) is 4.98 Å². The molecule has 0 bridgehead atoms. The average Bonchev–Trinajstić information content (AvgIpc) is 2.59. The maximum Gasteiger partial charge on any atom is 0.252 e. The number of rotatable bonds is 3. The number of thiazole rings is 1. The zero-order valence-electron chi connectivity index (χ0n) is 9.16. The smallest absolute Gasteiger partial charge is 0.252 e. The SMILES string of the molecule is COCC(=O)Nc1nc2c(s1)C[C@@H](N)CC2. The van der Waals surface area contributed by atoms with Gasteiger partial charge in [0.25, 0.3) is 5.91 Å². The number of anilines is 1. The van der Waals surface area contributed by atoms with Crippen LogP contribution in [0.15, 0.2) is 0 Å². The quantitative estimate of drug-likeness (QED) is 0.810. The molecule has 0 unspecified atom stereocenters. The average molecular weight is 241 g/mol. The first-order valence-electron chi connectivity index (χ1n) is 5.22. The minimum absolute atomic E-state index is 0.0593. The van der Waals surface area contributed by atoms with Crippen LogP contribution in [-0.4, -0.2) is 30.6 Å². The van der Waals surface area contributed by atoms with Gasteiger partial charge in [0, 0.05) is 18.0 Å². The van der Waals surface area contributed by atoms with Crippen LogP contribution < -0.4 is 11.1 Å². The fourth-order valence-corrected chi connectivity index (χ4v) is 2.86. The Morgan fingerprint density at radius 1 is 1.75 bits per heavy atom. The van der Waals surface area contributed by atoms with Crippen molar-refractivity contribution < 1.29 is 9.53 Å². The molecule has 0 saturated carbocycles. The lowest BCUT2D eigenvalue weighted by molar-refractivity contribution is -0.119. The van der Waals surface area contributed by atoms with Gasteiger partial charge in [-0.05, 0) is 19.3 Å². The van der Waals surface area contributed by atoms with Crippen LogP contribution in [0.25, 0.3) is 0 Å². The fourth-order valence-electron chi connectivity index (χ4n) is 1.74. The van der Waals surface area contributed by atoms with Crippen molar-refractivity contribution in [1.29, 1.82) is 0 Å². The summed E-state index contributed by atoms with van der Waals surface area (Å²) in [6.07, 6.45) is 2.75. The molecular weight excluding hydrogens is 226 g/mol. The number of carbonyl (C=O) groups excluding carboxylic acids is 1. The molecule has 6 heteroatoms. The molecule has 0 saturated heterocycles. The van der Waals surface area contributed by atoms with Crippen LogP contribution >= 0.6 is 11.3 Å². The fraction of sp³-hybridized carbons (Fsp3) is 0.600. The summed E-state index contributed by atoms with van der Waals surface area (Å²) < 4.78 is 4.74. The van der Waals surface area contributed by atoms with Gasteiger partial charge in [-0.3, -0.25) is 10.1 Å². The third kappa shape index (κ3) is 2.58. The van der Waals surface area contributed by atoms with E-state index in [0.29, 0.717) is 5.13 Å². The number of carbonyl (C=O) groups is 1. The van der Waals surface area contributed by atoms with E-state index in [4.69, 9.17) is 10.5 Å². The van der Waals surface area contributed by atoms with Crippen LogP contribution in [0, 0.1) is 0 Å². The van der Waals surface area contributed by atoms with Crippen molar-refractivity contribution in [3.63, 3.8) is 0 Å². The Labute approximate surface area is 98.0 Å². The largest absolute Gasteiger partial charge is 0.375 e. The number of fused-ring (bicyclic) bond motifs is 1. The Kier molecular flexibility index (Phi) is 3.52. The Hall–Kier alpha value is -0.980. The van der Waals surface area contributed by atoms with Gasteiger partial charge in [-0.25, -0.2) is 4.98 Å². The first kappa shape index (κ1) is 11.5. The molecule has 16 heavy (non-hydrogen) atoms. The third-order valence-electron chi connectivity index (χ3n) is 2.50. The summed E-state index contributed by atoms with van der Waals surface area (Å²) in [5.41, 5.74) is 6.96. The number of methoxy groups -OCH3 is 1. The number of hydrogen-bond donors (Lipinski definition) is 2. The lowest BCUT2D eigenvalue weighted by atomic mass is 9.99. The summed E-state index contributed by atoms with van der Waals surface area (Å²) >= 11 is 1.51. The Bertz CT molecular complexity index is 391. The highest BCUT2D eigenvalue weighted by molar-refractivity contribution is 7.15. The summed E-state index contributed by atoms with van der Waals surface area (Å²) in [5.74, 6) is -0.169. The molecule has 1 amide bonds. The van der Waals surface area contributed by atoms with E-state index in [1.54, 1.807) is 0 Å². The van der Waals surface area contributed by atoms with Gasteiger partial charge in [0.1, 0.15) is 6.61 Å². The summed E-state index contributed by atoms with van der Waals surface area (Å²) in [5, 5.41) is 3.37. The lowest BCUT2D eigenvalue weighted by Gasteiger charge is -2.15. The molecular formula is C10H15N3O2S. The van der Waals surface area contributed by atoms with Crippen LogP contribution in [0.5, 0.6) is 0 Å². The number of hydrogen-bond acceptors (Lipinski definition) is 5. The van der Waals surface area contributed by atoms with E-state index in [1.807, 2.05) is 0 Å². The Morgan fingerprint density at radius 2 is 2.56 bits per heavy atom. The van der Waals surface area contributed by atoms with Crippen molar-refractivity contribution in [2.75, 3.05) is 19.0 Å². The minimum Gasteiger partial charge on any atom is -0.375 e. The van der Waals surface area contributed by atoms with E-state index in [2.05, 4.69) is 10.3 Å². The zero-order valence-corrected chi connectivity index (χ0v) is 9.97. The van der Waals surface area contributed by atoms with E-state index in [9.17, 15) is 4.79 Å². The topological polar surface area (TPSA) is 77.2 Å². The van der Waals surface area contributed by atoms with E-state index in [-0.39, 0.29) is 18.6 Å². The van der Waals surface area contributed by atoms with Crippen LogP contribution in [0.1, 0.15) is 17.0 Å². The van der Waals surface area contributed by atoms with Gasteiger partial charge in [0.2, 0.25) is 0 Å². The number of ether oxygens (including phenoxy) is 1. The molecule has 3 N–H and O–H groups in total. The summed E-state index contributed by atoms with van der Waals surface area (Å²) in [6.45, 7) is 0.0593. The Balaban J connectivity index is 2.04. The van der Waals surface area contributed by atoms with Crippen molar-refractivity contribution in [3.8, 4) is 0 Å². The van der Waals surface area contributed by atoms with Crippen molar-refractivity contribution in [2.45, 2.75) is 25.3 Å². The highest BCUT2D eigenvalue weighted by Crippen LogP contribution is 2.29. The van der Waals surface area contributed by atoms with E-state index < -0.39 is 0 Å². The third-order valence-corrected chi connectivity index (χ3v) is 3.53. The molecule has 0 aromatic carbocycles. The van der Waals surface area contributed by atoms with Crippen LogP contribution in [0.3, 0.4) is 0 Å². The summed E-state index contributed by atoms with van der Waals surface area (Å²) in [4.78, 5) is 16.9. The second-order valence-corrected chi connectivity index (χ2v) is 4.96. The van der Waals surface area contributed by atoms with Crippen molar-refractivity contribution in [3.05, 3.63) is 10.6 Å². The Morgan fingerprint density at radius 3 is 3.31 bits per heavy atom. The minimum atomic E-state index is -0.169. The van der Waals surface area contributed by atoms with E-state index in [1.165, 1.54) is 23.3 Å². The van der Waals surface area contributed by atoms with Gasteiger partial charge in [0.15, 0.2) is 5.13 Å². The predicted molar refractivity (Wildman–Crippen MR) is 62.6 cm³/mol. The number of nitrogens with zero attached hydrogens (tertiary/aromatic N) is 1. The van der Waals surface area contributed by atoms with E-state index in [0.717, 1.165) is 25.0 Å². The van der Waals surface area contributed by atoms with Crippen molar-refractivity contribution >= 4 is 22.4 Å². The standard InChI is InChI=1S/C10H15N3O2S/c1-15-5-9(14)13-10-12-7-3-2-6(11)4-8(7)16-10/h6H,2-5,11H2,1H3,(H,12,13,14)/t6-/m0/s1. The molecule has 0 aliphatic heterocycles. The number of nitrogens with two attached hydrogens (primary N) is 1. The lowest BCUT2D eigenvalue weighted by Crippen LogP contribution is -2.27. The molecule has 0 radical (unpaired) electrons. The molecule has 2 rings (SSSR count). The highest BCUT2D eigenvalue weighted by atomic mass is 32.1. The maximum atomic E-state index is 11.3. The monoisotopic (exact) mass is 241 g/mol. The van der Waals surface area contributed by atoms with Crippen molar-refractivity contribution in [2.24, 2.45) is 5.73 Å². The van der Waals surface area contributed by atoms with Gasteiger partial charge < -0.3 is 10.5 Å². The second-order valence-electron chi connectivity index (χ2n) is 3.87. The highest BCUT2D eigenvalue weighted by Gasteiger charge is 2.20. The molecule has 1 aromatic rings. The second kappa shape index (κ2) is 4.90. The van der Waals surface area contributed by atoms with Gasteiger partial charge in [-0.2, -0.15) is 0 Å². The van der Waals surface area contributed by atoms with E-state index >= 15 is 0 Å². The van der Waals surface area contributed by atoms with Gasteiger partial charge in [0.05, 0.1) is 5.69 Å². The molecule has 1 aliphatic rings. The molecule has 0 spiro atoms. The molecule has 1 heterocycles. The number of aryl methyl sites for hydroxylation is 1. The molecule has 5 nitrogen and oxygen atoms in total. The molecule has 1 aliphatic carbocycles. The molecule has 1 atom stereocenters. The van der Waals surface area contributed by atoms with Gasteiger partial charge in [-0.15, -0.1) is 11.3 Å². The number of amides is 1.